The van der Waals surface area contributed by atoms with Crippen molar-refractivity contribution < 1.29 is 13.2 Å². The lowest BCUT2D eigenvalue weighted by atomic mass is 9.98. The molecule has 7 heteroatoms. The fourth-order valence-electron chi connectivity index (χ4n) is 3.91. The maximum Gasteiger partial charge on any atom is 0.246 e. The van der Waals surface area contributed by atoms with E-state index in [0.717, 1.165) is 27.4 Å². The maximum absolute atomic E-state index is 13.4. The van der Waals surface area contributed by atoms with Crippen LogP contribution < -0.4 is 9.64 Å². The second-order valence-electron chi connectivity index (χ2n) is 7.79. The van der Waals surface area contributed by atoms with E-state index in [4.69, 9.17) is 16.3 Å². The largest absolute Gasteiger partial charge is 0.495 e. The molecule has 0 bridgehead atoms. The van der Waals surface area contributed by atoms with Crippen LogP contribution in [0.4, 0.5) is 5.69 Å². The predicted molar refractivity (Wildman–Crippen MR) is 119 cm³/mol. The summed E-state index contributed by atoms with van der Waals surface area (Å²) in [7, 11) is -2.13. The van der Waals surface area contributed by atoms with Crippen LogP contribution in [0.25, 0.3) is 0 Å². The number of methoxy groups -OCH3 is 1. The first-order chi connectivity index (χ1) is 13.7. The lowest BCUT2D eigenvalue weighted by molar-refractivity contribution is 0.374. The van der Waals surface area contributed by atoms with Crippen LogP contribution in [0.5, 0.6) is 5.75 Å². The molecule has 0 saturated carbocycles. The summed E-state index contributed by atoms with van der Waals surface area (Å²) in [4.78, 5) is 2.45. The van der Waals surface area contributed by atoms with Gasteiger partial charge in [-0.05, 0) is 60.7 Å². The Kier molecular flexibility index (Phi) is 6.46. The van der Waals surface area contributed by atoms with Crippen molar-refractivity contribution in [3.8, 4) is 5.75 Å². The van der Waals surface area contributed by atoms with Gasteiger partial charge in [0, 0.05) is 36.9 Å². The topological polar surface area (TPSA) is 49.9 Å². The molecule has 29 heavy (non-hydrogen) atoms. The van der Waals surface area contributed by atoms with Gasteiger partial charge in [0.15, 0.2) is 0 Å². The van der Waals surface area contributed by atoms with Crippen LogP contribution in [-0.4, -0.2) is 46.0 Å². The molecule has 0 aromatic heterocycles. The van der Waals surface area contributed by atoms with Crippen LogP contribution >= 0.6 is 11.6 Å². The highest BCUT2D eigenvalue weighted by atomic mass is 35.5. The third-order valence-corrected chi connectivity index (χ3v) is 7.94. The van der Waals surface area contributed by atoms with Crippen LogP contribution in [-0.2, 0) is 10.0 Å². The monoisotopic (exact) mass is 436 g/mol. The van der Waals surface area contributed by atoms with Crippen molar-refractivity contribution in [2.45, 2.75) is 38.5 Å². The molecule has 2 aromatic carbocycles. The second kappa shape index (κ2) is 8.54. The molecule has 0 spiro atoms. The zero-order chi connectivity index (χ0) is 21.3. The first kappa shape index (κ1) is 21.9. The normalized spacial score (nSPS) is 15.8. The molecule has 0 radical (unpaired) electrons. The Labute approximate surface area is 179 Å². The molecule has 3 rings (SSSR count). The lowest BCUT2D eigenvalue weighted by Gasteiger charge is -2.36. The van der Waals surface area contributed by atoms with Gasteiger partial charge < -0.3 is 9.64 Å². The summed E-state index contributed by atoms with van der Waals surface area (Å²) in [6, 6.07) is 9.44. The summed E-state index contributed by atoms with van der Waals surface area (Å²) in [5, 5.41) is 0.725. The third-order valence-electron chi connectivity index (χ3n) is 5.61. The number of ether oxygens (including phenoxy) is 1. The predicted octanol–water partition coefficient (Wildman–Crippen LogP) is 4.60. The first-order valence-corrected chi connectivity index (χ1v) is 11.7. The molecule has 158 valence electrons. The van der Waals surface area contributed by atoms with E-state index < -0.39 is 10.0 Å². The van der Waals surface area contributed by atoms with Crippen LogP contribution in [0.15, 0.2) is 35.2 Å². The molecular weight excluding hydrogens is 408 g/mol. The van der Waals surface area contributed by atoms with E-state index in [2.05, 4.69) is 18.7 Å². The number of nitrogens with zero attached hydrogens (tertiary/aromatic N) is 2. The summed E-state index contributed by atoms with van der Waals surface area (Å²) in [6.07, 6.45) is 0. The minimum atomic E-state index is -3.65. The fraction of sp³-hybridized carbons (Fsp3) is 0.455. The van der Waals surface area contributed by atoms with Crippen molar-refractivity contribution in [3.05, 3.63) is 52.0 Å². The van der Waals surface area contributed by atoms with Crippen LogP contribution in [0.3, 0.4) is 0 Å². The number of sulfonamides is 1. The molecule has 1 saturated heterocycles. The molecule has 1 fully saturated rings. The highest BCUT2D eigenvalue weighted by Gasteiger charge is 2.32. The molecule has 0 atom stereocenters. The summed E-state index contributed by atoms with van der Waals surface area (Å²) >= 11 is 6.25. The Balaban J connectivity index is 1.87. The van der Waals surface area contributed by atoms with E-state index >= 15 is 0 Å². The number of hydrogen-bond acceptors (Lipinski definition) is 4. The maximum atomic E-state index is 13.4. The molecule has 1 aliphatic heterocycles. The van der Waals surface area contributed by atoms with Crippen LogP contribution in [0, 0.1) is 13.8 Å². The number of benzene rings is 2. The van der Waals surface area contributed by atoms with E-state index in [9.17, 15) is 8.42 Å². The molecule has 0 N–H and O–H groups in total. The van der Waals surface area contributed by atoms with Crippen molar-refractivity contribution in [2.24, 2.45) is 0 Å². The van der Waals surface area contributed by atoms with Gasteiger partial charge in [-0.1, -0.05) is 31.5 Å². The van der Waals surface area contributed by atoms with Gasteiger partial charge >= 0.3 is 0 Å². The average molecular weight is 437 g/mol. The quantitative estimate of drug-likeness (QED) is 0.687. The molecule has 5 nitrogen and oxygen atoms in total. The number of hydrogen-bond donors (Lipinski definition) is 0. The molecule has 2 aromatic rings. The van der Waals surface area contributed by atoms with Crippen LogP contribution in [0.2, 0.25) is 5.02 Å². The Bertz CT molecular complexity index is 997. The van der Waals surface area contributed by atoms with E-state index in [1.807, 2.05) is 38.1 Å². The molecule has 1 heterocycles. The number of rotatable bonds is 5. The average Bonchev–Trinajstić information content (AvgIpc) is 2.69. The van der Waals surface area contributed by atoms with E-state index in [-0.39, 0.29) is 10.8 Å². The molecule has 0 amide bonds. The smallest absolute Gasteiger partial charge is 0.246 e. The Morgan fingerprint density at radius 1 is 1.07 bits per heavy atom. The Hall–Kier alpha value is -1.76. The van der Waals surface area contributed by atoms with Gasteiger partial charge in [-0.3, -0.25) is 0 Å². The highest BCUT2D eigenvalue weighted by Crippen LogP contribution is 2.34. The zero-order valence-corrected chi connectivity index (χ0v) is 19.3. The lowest BCUT2D eigenvalue weighted by Crippen LogP contribution is -2.49. The SMILES string of the molecule is COc1cc(C)c(C(C)C)cc1S(=O)(=O)N1CCN(c2cccc(Cl)c2C)CC1. The van der Waals surface area contributed by atoms with Gasteiger partial charge in [0.05, 0.1) is 7.11 Å². The van der Waals surface area contributed by atoms with Crippen molar-refractivity contribution in [1.82, 2.24) is 4.31 Å². The number of aryl methyl sites for hydroxylation is 1. The summed E-state index contributed by atoms with van der Waals surface area (Å²) < 4.78 is 33.8. The van der Waals surface area contributed by atoms with Gasteiger partial charge in [0.2, 0.25) is 10.0 Å². The Morgan fingerprint density at radius 3 is 2.31 bits per heavy atom. The summed E-state index contributed by atoms with van der Waals surface area (Å²) in [5.41, 5.74) is 4.14. The molecular formula is C22H29ClN2O3S. The van der Waals surface area contributed by atoms with E-state index in [1.54, 1.807) is 10.4 Å². The first-order valence-electron chi connectivity index (χ1n) is 9.85. The minimum Gasteiger partial charge on any atom is -0.495 e. The highest BCUT2D eigenvalue weighted by molar-refractivity contribution is 7.89. The zero-order valence-electron chi connectivity index (χ0n) is 17.7. The van der Waals surface area contributed by atoms with Gasteiger partial charge in [-0.15, -0.1) is 0 Å². The number of piperazine rings is 1. The Morgan fingerprint density at radius 2 is 1.72 bits per heavy atom. The fourth-order valence-corrected chi connectivity index (χ4v) is 5.67. The number of anilines is 1. The molecule has 0 aliphatic carbocycles. The summed E-state index contributed by atoms with van der Waals surface area (Å²) in [5.74, 6) is 0.637. The van der Waals surface area contributed by atoms with Crippen molar-refractivity contribution in [1.29, 1.82) is 0 Å². The standard InChI is InChI=1S/C22H29ClN2O3S/c1-15(2)18-14-22(21(28-5)13-16(18)3)29(26,27)25-11-9-24(10-12-25)20-8-6-7-19(23)17(20)4/h6-8,13-15H,9-12H2,1-5H3. The molecule has 1 aliphatic rings. The van der Waals surface area contributed by atoms with Gasteiger partial charge in [0.1, 0.15) is 10.6 Å². The van der Waals surface area contributed by atoms with Crippen molar-refractivity contribution in [3.63, 3.8) is 0 Å². The third kappa shape index (κ3) is 4.25. The van der Waals surface area contributed by atoms with E-state index in [0.29, 0.717) is 31.9 Å². The van der Waals surface area contributed by atoms with E-state index in [1.165, 1.54) is 7.11 Å². The number of halogens is 1. The van der Waals surface area contributed by atoms with Gasteiger partial charge in [-0.25, -0.2) is 8.42 Å². The van der Waals surface area contributed by atoms with Crippen molar-refractivity contribution >= 4 is 27.3 Å². The second-order valence-corrected chi connectivity index (χ2v) is 10.1. The molecule has 0 unspecified atom stereocenters. The minimum absolute atomic E-state index is 0.234. The van der Waals surface area contributed by atoms with Crippen molar-refractivity contribution in [2.75, 3.05) is 38.2 Å². The summed E-state index contributed by atoms with van der Waals surface area (Å²) in [6.45, 7) is 10.2. The van der Waals surface area contributed by atoms with Crippen LogP contribution in [0.1, 0.15) is 36.5 Å². The van der Waals surface area contributed by atoms with Gasteiger partial charge in [0.25, 0.3) is 0 Å². The van der Waals surface area contributed by atoms with Gasteiger partial charge in [-0.2, -0.15) is 4.31 Å².